The zero-order valence-corrected chi connectivity index (χ0v) is 25.5. The number of aliphatic hydroxyl groups is 1. The summed E-state index contributed by atoms with van der Waals surface area (Å²) in [4.78, 5) is 0. The van der Waals surface area contributed by atoms with E-state index >= 15 is 0 Å². The van der Waals surface area contributed by atoms with Gasteiger partial charge in [0, 0.05) is 18.3 Å². The molecule has 1 heterocycles. The van der Waals surface area contributed by atoms with Gasteiger partial charge in [0.05, 0.1) is 24.9 Å². The Labute approximate surface area is 199 Å². The van der Waals surface area contributed by atoms with Crippen molar-refractivity contribution in [2.75, 3.05) is 12.4 Å². The Morgan fingerprint density at radius 3 is 1.87 bits per heavy atom. The molecule has 7 heteroatoms. The van der Waals surface area contributed by atoms with Crippen LogP contribution in [0.3, 0.4) is 0 Å². The minimum absolute atomic E-state index is 0.0249. The normalized spacial score (nSPS) is 29.8. The first-order chi connectivity index (χ1) is 13.9. The Kier molecular flexibility index (Phi) is 10.4. The first kappa shape index (κ1) is 29.7. The van der Waals surface area contributed by atoms with Crippen LogP contribution in [0.25, 0.3) is 0 Å². The molecule has 0 spiro atoms. The highest BCUT2D eigenvalue weighted by Crippen LogP contribution is 2.45. The van der Waals surface area contributed by atoms with Crippen LogP contribution in [-0.4, -0.2) is 57.8 Å². The lowest BCUT2D eigenvalue weighted by Crippen LogP contribution is -2.56. The van der Waals surface area contributed by atoms with E-state index in [1.165, 1.54) is 0 Å². The Balaban J connectivity index is 3.10. The monoisotopic (exact) mass is 492 g/mol. The first-order valence-corrected chi connectivity index (χ1v) is 19.0. The molecule has 4 nitrogen and oxygen atoms in total. The van der Waals surface area contributed by atoms with Crippen LogP contribution in [0.15, 0.2) is 0 Å². The minimum atomic E-state index is -1.97. The maximum absolute atomic E-state index is 10.2. The van der Waals surface area contributed by atoms with Crippen molar-refractivity contribution in [2.45, 2.75) is 129 Å². The number of hydrogen-bond donors (Lipinski definition) is 1. The van der Waals surface area contributed by atoms with Crippen molar-refractivity contribution in [3.8, 4) is 0 Å². The van der Waals surface area contributed by atoms with E-state index in [0.29, 0.717) is 5.92 Å². The van der Waals surface area contributed by atoms with Crippen molar-refractivity contribution in [3.05, 3.63) is 0 Å². The standard InChI is InChI=1S/C24H52O4SSi2/c1-14-29-22-18(3)21(28-31(12,13)24(7,8)9)17(2)20(26-22)15-19(16-25)27-30(10,11)23(4,5)6/h17-22,25H,14-16H2,1-13H3/t17-,18+,19-,20-,21-,22+/m0/s1. The van der Waals surface area contributed by atoms with Gasteiger partial charge in [0.2, 0.25) is 0 Å². The Morgan fingerprint density at radius 1 is 0.935 bits per heavy atom. The molecular weight excluding hydrogens is 440 g/mol. The summed E-state index contributed by atoms with van der Waals surface area (Å²) >= 11 is 1.87. The number of aliphatic hydroxyl groups excluding tert-OH is 1. The lowest BCUT2D eigenvalue weighted by Gasteiger charge is -2.50. The largest absolute Gasteiger partial charge is 0.413 e. The third-order valence-electron chi connectivity index (χ3n) is 7.90. The maximum atomic E-state index is 10.2. The molecule has 31 heavy (non-hydrogen) atoms. The van der Waals surface area contributed by atoms with Crippen LogP contribution in [0.4, 0.5) is 0 Å². The lowest BCUT2D eigenvalue weighted by atomic mass is 9.84. The van der Waals surface area contributed by atoms with E-state index in [4.69, 9.17) is 13.6 Å². The van der Waals surface area contributed by atoms with Gasteiger partial charge < -0.3 is 18.7 Å². The number of thioether (sulfide) groups is 1. The highest BCUT2D eigenvalue weighted by Gasteiger charge is 2.48. The second kappa shape index (κ2) is 10.9. The molecule has 0 bridgehead atoms. The average molecular weight is 493 g/mol. The summed E-state index contributed by atoms with van der Waals surface area (Å²) < 4.78 is 20.2. The van der Waals surface area contributed by atoms with Crippen LogP contribution >= 0.6 is 11.8 Å². The first-order valence-electron chi connectivity index (χ1n) is 12.1. The Hall–Kier alpha value is 0.624. The molecule has 1 aliphatic heterocycles. The van der Waals surface area contributed by atoms with E-state index in [-0.39, 0.29) is 46.3 Å². The number of ether oxygens (including phenoxy) is 1. The molecular formula is C24H52O4SSi2. The SMILES string of the molecule is CCS[C@H]1O[C@@H](C[C@@H](CO)O[Si](C)(C)C(C)(C)C)[C@H](C)[C@H](O[Si](C)(C)C(C)(C)C)[C@H]1C. The van der Waals surface area contributed by atoms with E-state index in [9.17, 15) is 5.11 Å². The summed E-state index contributed by atoms with van der Waals surface area (Å²) in [6, 6.07) is 0. The van der Waals surface area contributed by atoms with Gasteiger partial charge in [-0.05, 0) is 42.0 Å². The zero-order chi connectivity index (χ0) is 24.4. The summed E-state index contributed by atoms with van der Waals surface area (Å²) in [7, 11) is -3.87. The fraction of sp³-hybridized carbons (Fsp3) is 1.00. The molecule has 1 saturated heterocycles. The lowest BCUT2D eigenvalue weighted by molar-refractivity contribution is -0.138. The second-order valence-corrected chi connectivity index (χ2v) is 23.4. The number of hydrogen-bond acceptors (Lipinski definition) is 5. The van der Waals surface area contributed by atoms with E-state index in [1.54, 1.807) is 0 Å². The van der Waals surface area contributed by atoms with E-state index in [1.807, 2.05) is 11.8 Å². The van der Waals surface area contributed by atoms with Crippen LogP contribution in [0.1, 0.15) is 68.7 Å². The van der Waals surface area contributed by atoms with Gasteiger partial charge in [0.15, 0.2) is 16.6 Å². The van der Waals surface area contributed by atoms with Gasteiger partial charge in [-0.3, -0.25) is 0 Å². The number of rotatable bonds is 9. The highest BCUT2D eigenvalue weighted by molar-refractivity contribution is 7.99. The molecule has 0 radical (unpaired) electrons. The van der Waals surface area contributed by atoms with Crippen molar-refractivity contribution >= 4 is 28.4 Å². The van der Waals surface area contributed by atoms with Crippen molar-refractivity contribution < 1.29 is 18.7 Å². The molecule has 0 amide bonds. The van der Waals surface area contributed by atoms with Crippen LogP contribution < -0.4 is 0 Å². The molecule has 6 atom stereocenters. The van der Waals surface area contributed by atoms with Gasteiger partial charge in [-0.25, -0.2) is 0 Å². The summed E-state index contributed by atoms with van der Waals surface area (Å²) in [6.45, 7) is 29.6. The van der Waals surface area contributed by atoms with E-state index in [2.05, 4.69) is 88.5 Å². The van der Waals surface area contributed by atoms with E-state index < -0.39 is 16.6 Å². The third kappa shape index (κ3) is 7.56. The summed E-state index contributed by atoms with van der Waals surface area (Å²) in [5, 5.41) is 10.5. The van der Waals surface area contributed by atoms with Gasteiger partial charge in [0.1, 0.15) is 5.44 Å². The fourth-order valence-electron chi connectivity index (χ4n) is 3.64. The second-order valence-electron chi connectivity index (χ2n) is 12.5. The fourth-order valence-corrected chi connectivity index (χ4v) is 7.46. The van der Waals surface area contributed by atoms with Crippen LogP contribution in [0.2, 0.25) is 36.3 Å². The Morgan fingerprint density at radius 2 is 1.45 bits per heavy atom. The molecule has 186 valence electrons. The van der Waals surface area contributed by atoms with Gasteiger partial charge in [0.25, 0.3) is 0 Å². The van der Waals surface area contributed by atoms with Gasteiger partial charge >= 0.3 is 0 Å². The molecule has 1 N–H and O–H groups in total. The molecule has 1 rings (SSSR count). The molecule has 0 aliphatic carbocycles. The van der Waals surface area contributed by atoms with Crippen LogP contribution in [0, 0.1) is 11.8 Å². The smallest absolute Gasteiger partial charge is 0.192 e. The zero-order valence-electron chi connectivity index (χ0n) is 22.7. The molecule has 0 saturated carbocycles. The average Bonchev–Trinajstić information content (AvgIpc) is 2.60. The predicted octanol–water partition coefficient (Wildman–Crippen LogP) is 6.90. The van der Waals surface area contributed by atoms with Crippen molar-refractivity contribution in [1.29, 1.82) is 0 Å². The van der Waals surface area contributed by atoms with Crippen molar-refractivity contribution in [3.63, 3.8) is 0 Å². The van der Waals surface area contributed by atoms with Gasteiger partial charge in [-0.2, -0.15) is 0 Å². The molecule has 0 unspecified atom stereocenters. The molecule has 0 aromatic heterocycles. The summed E-state index contributed by atoms with van der Waals surface area (Å²) in [6.07, 6.45) is 0.713. The van der Waals surface area contributed by atoms with E-state index in [0.717, 1.165) is 12.2 Å². The Bertz CT molecular complexity index is 557. The third-order valence-corrected chi connectivity index (χ3v) is 18.1. The summed E-state index contributed by atoms with van der Waals surface area (Å²) in [5.74, 6) is 1.61. The summed E-state index contributed by atoms with van der Waals surface area (Å²) in [5.41, 5.74) is 0.119. The highest BCUT2D eigenvalue weighted by atomic mass is 32.2. The van der Waals surface area contributed by atoms with Crippen molar-refractivity contribution in [2.24, 2.45) is 11.8 Å². The molecule has 0 aromatic rings. The molecule has 1 fully saturated rings. The molecule has 1 aliphatic rings. The maximum Gasteiger partial charge on any atom is 0.192 e. The molecule has 0 aromatic carbocycles. The minimum Gasteiger partial charge on any atom is -0.413 e. The van der Waals surface area contributed by atoms with Gasteiger partial charge in [-0.15, -0.1) is 11.8 Å². The van der Waals surface area contributed by atoms with Crippen molar-refractivity contribution in [1.82, 2.24) is 0 Å². The topological polar surface area (TPSA) is 47.9 Å². The quantitative estimate of drug-likeness (QED) is 0.355. The van der Waals surface area contributed by atoms with Crippen LogP contribution in [0.5, 0.6) is 0 Å². The van der Waals surface area contributed by atoms with Crippen LogP contribution in [-0.2, 0) is 13.6 Å². The predicted molar refractivity (Wildman–Crippen MR) is 141 cm³/mol. The van der Waals surface area contributed by atoms with Gasteiger partial charge in [-0.1, -0.05) is 62.3 Å².